The monoisotopic (exact) mass is 473 g/mol. The molecular formula is C22H24BrN3O4. The highest BCUT2D eigenvalue weighted by Gasteiger charge is 2.24. The molecule has 0 aliphatic carbocycles. The van der Waals surface area contributed by atoms with Gasteiger partial charge in [-0.2, -0.15) is 0 Å². The molecule has 0 saturated carbocycles. The van der Waals surface area contributed by atoms with Crippen LogP contribution in [0.5, 0.6) is 5.75 Å². The molecule has 0 bridgehead atoms. The summed E-state index contributed by atoms with van der Waals surface area (Å²) in [7, 11) is 0. The van der Waals surface area contributed by atoms with E-state index in [1.807, 2.05) is 34.9 Å². The number of rotatable bonds is 6. The van der Waals surface area contributed by atoms with Gasteiger partial charge in [0.1, 0.15) is 29.5 Å². The summed E-state index contributed by atoms with van der Waals surface area (Å²) in [5.41, 5.74) is 1.63. The van der Waals surface area contributed by atoms with Gasteiger partial charge < -0.3 is 14.8 Å². The van der Waals surface area contributed by atoms with Crippen LogP contribution in [0.2, 0.25) is 0 Å². The van der Waals surface area contributed by atoms with Gasteiger partial charge >= 0.3 is 11.9 Å². The molecule has 2 aromatic heterocycles. The first-order valence-corrected chi connectivity index (χ1v) is 10.4. The van der Waals surface area contributed by atoms with Crippen molar-refractivity contribution in [3.05, 3.63) is 47.1 Å². The minimum atomic E-state index is -0.585. The van der Waals surface area contributed by atoms with Gasteiger partial charge in [0.15, 0.2) is 0 Å². The van der Waals surface area contributed by atoms with Crippen molar-refractivity contribution >= 4 is 39.3 Å². The quantitative estimate of drug-likeness (QED) is 0.413. The van der Waals surface area contributed by atoms with Crippen LogP contribution in [0, 0.1) is 5.41 Å². The highest BCUT2D eigenvalue weighted by Crippen LogP contribution is 2.31. The molecule has 2 heterocycles. The molecule has 1 aromatic carbocycles. The molecule has 1 N–H and O–H groups in total. The number of carbonyl (C=O) groups excluding carboxylic acids is 2. The van der Waals surface area contributed by atoms with Crippen LogP contribution in [0.3, 0.4) is 0 Å². The number of esters is 2. The summed E-state index contributed by atoms with van der Waals surface area (Å²) in [6.07, 6.45) is 1.87. The molecule has 8 heteroatoms. The minimum Gasteiger partial charge on any atom is -0.465 e. The van der Waals surface area contributed by atoms with Gasteiger partial charge in [-0.25, -0.2) is 4.98 Å². The number of nitrogens with one attached hydrogen (secondary N) is 1. The SMILES string of the molecule is CCOC(=O)CNc1c(-c2ccc(OC(=O)C(C)(C)C)cc2)nc2ccc(Br)cn12. The van der Waals surface area contributed by atoms with Crippen molar-refractivity contribution in [1.29, 1.82) is 0 Å². The van der Waals surface area contributed by atoms with Crippen molar-refractivity contribution in [2.75, 3.05) is 18.5 Å². The summed E-state index contributed by atoms with van der Waals surface area (Å²) in [6.45, 7) is 7.52. The molecule has 0 aliphatic rings. The van der Waals surface area contributed by atoms with Crippen molar-refractivity contribution in [3.8, 4) is 17.0 Å². The van der Waals surface area contributed by atoms with Crippen molar-refractivity contribution < 1.29 is 19.1 Å². The number of anilines is 1. The number of ether oxygens (including phenoxy) is 2. The molecule has 0 amide bonds. The number of imidazole rings is 1. The molecule has 0 spiro atoms. The fourth-order valence-corrected chi connectivity index (χ4v) is 3.03. The fourth-order valence-electron chi connectivity index (χ4n) is 2.70. The molecule has 0 saturated heterocycles. The fraction of sp³-hybridized carbons (Fsp3) is 0.318. The van der Waals surface area contributed by atoms with E-state index in [-0.39, 0.29) is 18.5 Å². The van der Waals surface area contributed by atoms with Gasteiger partial charge in [0.05, 0.1) is 12.0 Å². The second-order valence-corrected chi connectivity index (χ2v) is 8.62. The Hall–Kier alpha value is -2.87. The van der Waals surface area contributed by atoms with E-state index in [0.29, 0.717) is 23.9 Å². The predicted octanol–water partition coefficient (Wildman–Crippen LogP) is 4.69. The number of aromatic nitrogens is 2. The first-order chi connectivity index (χ1) is 14.2. The number of carbonyl (C=O) groups is 2. The minimum absolute atomic E-state index is 0.0163. The molecule has 3 aromatic rings. The summed E-state index contributed by atoms with van der Waals surface area (Å²) in [5.74, 6) is 0.479. The summed E-state index contributed by atoms with van der Waals surface area (Å²) in [6, 6.07) is 10.9. The van der Waals surface area contributed by atoms with E-state index in [9.17, 15) is 9.59 Å². The van der Waals surface area contributed by atoms with E-state index in [4.69, 9.17) is 14.5 Å². The lowest BCUT2D eigenvalue weighted by atomic mass is 9.97. The van der Waals surface area contributed by atoms with Crippen molar-refractivity contribution in [2.45, 2.75) is 27.7 Å². The smallest absolute Gasteiger partial charge is 0.325 e. The number of benzene rings is 1. The Morgan fingerprint density at radius 2 is 1.83 bits per heavy atom. The Bertz CT molecular complexity index is 1070. The largest absolute Gasteiger partial charge is 0.465 e. The topological polar surface area (TPSA) is 81.9 Å². The van der Waals surface area contributed by atoms with Gasteiger partial charge in [-0.3, -0.25) is 14.0 Å². The van der Waals surface area contributed by atoms with E-state index in [1.165, 1.54) is 0 Å². The summed E-state index contributed by atoms with van der Waals surface area (Å²) in [5, 5.41) is 3.13. The number of fused-ring (bicyclic) bond motifs is 1. The lowest BCUT2D eigenvalue weighted by molar-refractivity contribution is -0.143. The second-order valence-electron chi connectivity index (χ2n) is 7.71. The summed E-state index contributed by atoms with van der Waals surface area (Å²) < 4.78 is 13.2. The third-order valence-electron chi connectivity index (χ3n) is 4.24. The van der Waals surface area contributed by atoms with E-state index in [1.54, 1.807) is 39.8 Å². The van der Waals surface area contributed by atoms with Crippen LogP contribution < -0.4 is 10.1 Å². The Morgan fingerprint density at radius 1 is 1.13 bits per heavy atom. The number of nitrogens with zero attached hydrogens (tertiary/aromatic N) is 2. The number of halogens is 1. The predicted molar refractivity (Wildman–Crippen MR) is 119 cm³/mol. The number of hydrogen-bond acceptors (Lipinski definition) is 6. The first-order valence-electron chi connectivity index (χ1n) is 9.59. The molecule has 7 nitrogen and oxygen atoms in total. The lowest BCUT2D eigenvalue weighted by Gasteiger charge is -2.16. The van der Waals surface area contributed by atoms with E-state index >= 15 is 0 Å². The normalized spacial score (nSPS) is 11.4. The van der Waals surface area contributed by atoms with Crippen molar-refractivity contribution in [3.63, 3.8) is 0 Å². The second kappa shape index (κ2) is 8.87. The van der Waals surface area contributed by atoms with Crippen LogP contribution in [0.25, 0.3) is 16.9 Å². The number of pyridine rings is 1. The third kappa shape index (κ3) is 4.99. The molecule has 3 rings (SSSR count). The Balaban J connectivity index is 1.93. The van der Waals surface area contributed by atoms with E-state index in [2.05, 4.69) is 21.2 Å². The van der Waals surface area contributed by atoms with Gasteiger partial charge in [-0.05, 0) is 80.0 Å². The standard InChI is InChI=1S/C22H24BrN3O4/c1-5-29-18(27)12-24-20-19(25-17-11-8-15(23)13-26(17)20)14-6-9-16(10-7-14)30-21(28)22(2,3)4/h6-11,13,24H,5,12H2,1-4H3. The molecule has 0 unspecified atom stereocenters. The van der Waals surface area contributed by atoms with Gasteiger partial charge in [-0.15, -0.1) is 0 Å². The van der Waals surface area contributed by atoms with Crippen LogP contribution in [-0.4, -0.2) is 34.5 Å². The van der Waals surface area contributed by atoms with Crippen LogP contribution in [0.15, 0.2) is 47.1 Å². The van der Waals surface area contributed by atoms with E-state index in [0.717, 1.165) is 15.7 Å². The summed E-state index contributed by atoms with van der Waals surface area (Å²) >= 11 is 3.47. The Labute approximate surface area is 183 Å². The molecule has 0 fully saturated rings. The van der Waals surface area contributed by atoms with Crippen molar-refractivity contribution in [1.82, 2.24) is 9.38 Å². The lowest BCUT2D eigenvalue weighted by Crippen LogP contribution is -2.25. The maximum atomic E-state index is 12.1. The molecular weight excluding hydrogens is 450 g/mol. The average Bonchev–Trinajstić information content (AvgIpc) is 3.04. The first kappa shape index (κ1) is 21.8. The van der Waals surface area contributed by atoms with Gasteiger partial charge in [-0.1, -0.05) is 0 Å². The van der Waals surface area contributed by atoms with Gasteiger partial charge in [0, 0.05) is 16.2 Å². The molecule has 0 atom stereocenters. The summed E-state index contributed by atoms with van der Waals surface area (Å²) in [4.78, 5) is 28.6. The Kier molecular flexibility index (Phi) is 6.45. The van der Waals surface area contributed by atoms with Crippen molar-refractivity contribution in [2.24, 2.45) is 5.41 Å². The van der Waals surface area contributed by atoms with Crippen LogP contribution in [0.4, 0.5) is 5.82 Å². The molecule has 30 heavy (non-hydrogen) atoms. The zero-order valence-corrected chi connectivity index (χ0v) is 18.9. The van der Waals surface area contributed by atoms with Crippen LogP contribution in [-0.2, 0) is 14.3 Å². The van der Waals surface area contributed by atoms with Crippen LogP contribution >= 0.6 is 15.9 Å². The van der Waals surface area contributed by atoms with Gasteiger partial charge in [0.2, 0.25) is 0 Å². The highest BCUT2D eigenvalue weighted by atomic mass is 79.9. The highest BCUT2D eigenvalue weighted by molar-refractivity contribution is 9.10. The third-order valence-corrected chi connectivity index (χ3v) is 4.71. The van der Waals surface area contributed by atoms with Gasteiger partial charge in [0.25, 0.3) is 0 Å². The van der Waals surface area contributed by atoms with Crippen LogP contribution in [0.1, 0.15) is 27.7 Å². The molecule has 158 valence electrons. The Morgan fingerprint density at radius 3 is 2.47 bits per heavy atom. The average molecular weight is 474 g/mol. The zero-order valence-electron chi connectivity index (χ0n) is 17.4. The zero-order chi connectivity index (χ0) is 21.9. The van der Waals surface area contributed by atoms with E-state index < -0.39 is 5.41 Å². The maximum absolute atomic E-state index is 12.1. The molecule has 0 aliphatic heterocycles. The molecule has 0 radical (unpaired) electrons. The number of hydrogen-bond donors (Lipinski definition) is 1. The maximum Gasteiger partial charge on any atom is 0.325 e.